The van der Waals surface area contributed by atoms with E-state index in [1.165, 1.54) is 0 Å². The number of ketones is 1. The molecule has 4 heteroatoms. The SMILES string of the molecule is CC(C(=O)c1cnccc1N)C1CNC1. The third-order valence-corrected chi connectivity index (χ3v) is 3.05. The van der Waals surface area contributed by atoms with Crippen molar-refractivity contribution in [3.63, 3.8) is 0 Å². The van der Waals surface area contributed by atoms with Crippen molar-refractivity contribution in [1.82, 2.24) is 10.3 Å². The van der Waals surface area contributed by atoms with Crippen molar-refractivity contribution in [2.24, 2.45) is 11.8 Å². The lowest BCUT2D eigenvalue weighted by Crippen LogP contribution is -2.47. The second kappa shape index (κ2) is 3.98. The molecule has 0 radical (unpaired) electrons. The van der Waals surface area contributed by atoms with Crippen LogP contribution in [0.15, 0.2) is 18.5 Å². The minimum Gasteiger partial charge on any atom is -0.398 e. The number of nitrogen functional groups attached to an aromatic ring is 1. The molecule has 0 saturated carbocycles. The van der Waals surface area contributed by atoms with Gasteiger partial charge in [-0.15, -0.1) is 0 Å². The minimum atomic E-state index is 0.0257. The van der Waals surface area contributed by atoms with E-state index in [9.17, 15) is 4.79 Å². The number of anilines is 1. The van der Waals surface area contributed by atoms with E-state index in [2.05, 4.69) is 10.3 Å². The zero-order chi connectivity index (χ0) is 10.8. The molecule has 4 nitrogen and oxygen atoms in total. The number of pyridine rings is 1. The highest BCUT2D eigenvalue weighted by Gasteiger charge is 2.30. The summed E-state index contributed by atoms with van der Waals surface area (Å²) in [4.78, 5) is 16.0. The molecule has 2 rings (SSSR count). The molecule has 0 aromatic carbocycles. The van der Waals surface area contributed by atoms with Crippen molar-refractivity contribution in [3.8, 4) is 0 Å². The predicted molar refractivity (Wildman–Crippen MR) is 58.5 cm³/mol. The predicted octanol–water partition coefficient (Wildman–Crippen LogP) is 0.702. The summed E-state index contributed by atoms with van der Waals surface area (Å²) in [6, 6.07) is 1.67. The van der Waals surface area contributed by atoms with E-state index >= 15 is 0 Å². The smallest absolute Gasteiger partial charge is 0.169 e. The summed E-state index contributed by atoms with van der Waals surface area (Å²) in [6.45, 7) is 3.81. The van der Waals surface area contributed by atoms with Gasteiger partial charge in [-0.25, -0.2) is 0 Å². The first-order chi connectivity index (χ1) is 7.20. The number of nitrogens with two attached hydrogens (primary N) is 1. The molecule has 1 aliphatic rings. The Balaban J connectivity index is 2.16. The average molecular weight is 205 g/mol. The molecule has 1 aromatic rings. The maximum atomic E-state index is 12.1. The van der Waals surface area contributed by atoms with Crippen LogP contribution in [-0.4, -0.2) is 23.9 Å². The third kappa shape index (κ3) is 1.85. The van der Waals surface area contributed by atoms with Crippen LogP contribution in [0.1, 0.15) is 17.3 Å². The molecule has 0 bridgehead atoms. The molecule has 0 spiro atoms. The largest absolute Gasteiger partial charge is 0.398 e. The average Bonchev–Trinajstić information content (AvgIpc) is 2.15. The number of Topliss-reactive ketones (excluding diaryl/α,β-unsaturated/α-hetero) is 1. The van der Waals surface area contributed by atoms with Crippen LogP contribution >= 0.6 is 0 Å². The van der Waals surface area contributed by atoms with E-state index in [1.54, 1.807) is 18.5 Å². The summed E-state index contributed by atoms with van der Waals surface area (Å²) in [5, 5.41) is 3.16. The number of carbonyl (C=O) groups is 1. The Hall–Kier alpha value is -1.42. The Morgan fingerprint density at radius 2 is 2.40 bits per heavy atom. The van der Waals surface area contributed by atoms with E-state index in [1.807, 2.05) is 6.92 Å². The normalized spacial score (nSPS) is 18.2. The van der Waals surface area contributed by atoms with Crippen LogP contribution < -0.4 is 11.1 Å². The Morgan fingerprint density at radius 3 is 2.93 bits per heavy atom. The molecule has 1 saturated heterocycles. The fourth-order valence-electron chi connectivity index (χ4n) is 1.74. The highest BCUT2D eigenvalue weighted by molar-refractivity contribution is 6.01. The van der Waals surface area contributed by atoms with Gasteiger partial charge in [0.1, 0.15) is 0 Å². The van der Waals surface area contributed by atoms with Crippen molar-refractivity contribution in [3.05, 3.63) is 24.0 Å². The fraction of sp³-hybridized carbons (Fsp3) is 0.455. The summed E-state index contributed by atoms with van der Waals surface area (Å²) >= 11 is 0. The standard InChI is InChI=1S/C11H15N3O/c1-7(8-4-14-5-8)11(15)9-6-13-3-2-10(9)12/h2-3,6-8,14H,4-5H2,1H3,(H2,12,13). The van der Waals surface area contributed by atoms with Crippen molar-refractivity contribution in [2.75, 3.05) is 18.8 Å². The first kappa shape index (κ1) is 10.1. The minimum absolute atomic E-state index is 0.0257. The topological polar surface area (TPSA) is 68.0 Å². The molecule has 0 aliphatic carbocycles. The highest BCUT2D eigenvalue weighted by atomic mass is 16.1. The van der Waals surface area contributed by atoms with Crippen LogP contribution in [0.4, 0.5) is 5.69 Å². The van der Waals surface area contributed by atoms with Gasteiger partial charge in [0.05, 0.1) is 5.56 Å². The number of hydrogen-bond donors (Lipinski definition) is 2. The third-order valence-electron chi connectivity index (χ3n) is 3.05. The first-order valence-corrected chi connectivity index (χ1v) is 5.14. The molecule has 15 heavy (non-hydrogen) atoms. The van der Waals surface area contributed by atoms with Gasteiger partial charge >= 0.3 is 0 Å². The van der Waals surface area contributed by atoms with E-state index in [0.29, 0.717) is 17.2 Å². The van der Waals surface area contributed by atoms with Crippen molar-refractivity contribution < 1.29 is 4.79 Å². The van der Waals surface area contributed by atoms with Crippen LogP contribution in [0.3, 0.4) is 0 Å². The van der Waals surface area contributed by atoms with Gasteiger partial charge < -0.3 is 11.1 Å². The molecule has 1 atom stereocenters. The molecular formula is C11H15N3O. The number of hydrogen-bond acceptors (Lipinski definition) is 4. The Bertz CT molecular complexity index is 374. The van der Waals surface area contributed by atoms with Crippen LogP contribution in [0.25, 0.3) is 0 Å². The van der Waals surface area contributed by atoms with Gasteiger partial charge in [0.2, 0.25) is 0 Å². The van der Waals surface area contributed by atoms with Gasteiger partial charge in [0.25, 0.3) is 0 Å². The number of aromatic nitrogens is 1. The first-order valence-electron chi connectivity index (χ1n) is 5.14. The van der Waals surface area contributed by atoms with Crippen molar-refractivity contribution in [2.45, 2.75) is 6.92 Å². The summed E-state index contributed by atoms with van der Waals surface area (Å²) in [7, 11) is 0. The molecule has 0 amide bonds. The Morgan fingerprint density at radius 1 is 1.67 bits per heavy atom. The van der Waals surface area contributed by atoms with E-state index in [-0.39, 0.29) is 11.7 Å². The van der Waals surface area contributed by atoms with Gasteiger partial charge in [-0.05, 0) is 25.1 Å². The van der Waals surface area contributed by atoms with Gasteiger partial charge in [-0.2, -0.15) is 0 Å². The van der Waals surface area contributed by atoms with E-state index < -0.39 is 0 Å². The van der Waals surface area contributed by atoms with Crippen LogP contribution in [0.5, 0.6) is 0 Å². The Labute approximate surface area is 88.9 Å². The molecular weight excluding hydrogens is 190 g/mol. The van der Waals surface area contributed by atoms with Crippen LogP contribution in [-0.2, 0) is 0 Å². The van der Waals surface area contributed by atoms with E-state index in [4.69, 9.17) is 5.73 Å². The molecule has 1 fully saturated rings. The van der Waals surface area contributed by atoms with Crippen LogP contribution in [0, 0.1) is 11.8 Å². The summed E-state index contributed by atoms with van der Waals surface area (Å²) < 4.78 is 0. The quantitative estimate of drug-likeness (QED) is 0.713. The summed E-state index contributed by atoms with van der Waals surface area (Å²) in [5.74, 6) is 0.571. The molecule has 80 valence electrons. The van der Waals surface area contributed by atoms with Gasteiger partial charge in [0, 0.05) is 24.0 Å². The number of rotatable bonds is 3. The van der Waals surface area contributed by atoms with Gasteiger partial charge in [-0.1, -0.05) is 6.92 Å². The summed E-state index contributed by atoms with van der Waals surface area (Å²) in [6.07, 6.45) is 3.15. The second-order valence-corrected chi connectivity index (χ2v) is 4.03. The lowest BCUT2D eigenvalue weighted by molar-refractivity contribution is 0.0854. The summed E-state index contributed by atoms with van der Waals surface area (Å²) in [5.41, 5.74) is 6.82. The second-order valence-electron chi connectivity index (χ2n) is 4.03. The lowest BCUT2D eigenvalue weighted by Gasteiger charge is -2.31. The Kier molecular flexibility index (Phi) is 2.68. The number of carbonyl (C=O) groups excluding carboxylic acids is 1. The zero-order valence-corrected chi connectivity index (χ0v) is 8.73. The maximum Gasteiger partial charge on any atom is 0.169 e. The van der Waals surface area contributed by atoms with Crippen molar-refractivity contribution >= 4 is 11.5 Å². The molecule has 3 N–H and O–H groups in total. The highest BCUT2D eigenvalue weighted by Crippen LogP contribution is 2.22. The van der Waals surface area contributed by atoms with Gasteiger partial charge in [0.15, 0.2) is 5.78 Å². The maximum absolute atomic E-state index is 12.1. The molecule has 1 aromatic heterocycles. The lowest BCUT2D eigenvalue weighted by atomic mass is 9.83. The van der Waals surface area contributed by atoms with Gasteiger partial charge in [-0.3, -0.25) is 9.78 Å². The monoisotopic (exact) mass is 205 g/mol. The van der Waals surface area contributed by atoms with Crippen LogP contribution in [0.2, 0.25) is 0 Å². The van der Waals surface area contributed by atoms with Crippen molar-refractivity contribution in [1.29, 1.82) is 0 Å². The van der Waals surface area contributed by atoms with E-state index in [0.717, 1.165) is 13.1 Å². The molecule has 1 unspecified atom stereocenters. The molecule has 2 heterocycles. The number of nitrogens with one attached hydrogen (secondary N) is 1. The fourth-order valence-corrected chi connectivity index (χ4v) is 1.74. The zero-order valence-electron chi connectivity index (χ0n) is 8.73. The molecule has 1 aliphatic heterocycles. The number of nitrogens with zero attached hydrogens (tertiary/aromatic N) is 1.